The number of pyridine rings is 1. The molecule has 3 aromatic rings. The van der Waals surface area contributed by atoms with Crippen molar-refractivity contribution < 1.29 is 9.53 Å². The Bertz CT molecular complexity index is 951. The van der Waals surface area contributed by atoms with Gasteiger partial charge in [-0.05, 0) is 35.9 Å². The highest BCUT2D eigenvalue weighted by atomic mass is 35.5. The van der Waals surface area contributed by atoms with E-state index in [1.165, 1.54) is 6.92 Å². The lowest BCUT2D eigenvalue weighted by molar-refractivity contribution is -0.131. The molecule has 0 radical (unpaired) electrons. The molecule has 0 bridgehead atoms. The summed E-state index contributed by atoms with van der Waals surface area (Å²) in [5.41, 5.74) is 2.30. The Kier molecular flexibility index (Phi) is 4.84. The molecule has 0 saturated heterocycles. The van der Waals surface area contributed by atoms with Crippen LogP contribution in [0.1, 0.15) is 18.2 Å². The molecule has 0 unspecified atom stereocenters. The van der Waals surface area contributed by atoms with Crippen molar-refractivity contribution >= 4 is 52.2 Å². The van der Waals surface area contributed by atoms with Gasteiger partial charge in [0.25, 0.3) is 0 Å². The maximum Gasteiger partial charge on any atom is 0.308 e. The predicted molar refractivity (Wildman–Crippen MR) is 98.4 cm³/mol. The molecule has 0 aliphatic carbocycles. The van der Waals surface area contributed by atoms with E-state index in [9.17, 15) is 4.79 Å². The van der Waals surface area contributed by atoms with Gasteiger partial charge < -0.3 is 4.74 Å². The molecular formula is C19H13Cl2NO2. The number of hydrogen-bond donors (Lipinski definition) is 0. The zero-order chi connectivity index (χ0) is 17.1. The highest BCUT2D eigenvalue weighted by Gasteiger charge is 2.06. The standard InChI is InChI=1S/C19H13Cl2NO2/c1-12(23)24-18-4-2-3-14-7-9-15(22-19(14)18)8-5-13-6-10-16(20)17(21)11-13/h2-11H,1H3/b8-5+. The third-order valence-corrected chi connectivity index (χ3v) is 4.09. The van der Waals surface area contributed by atoms with Gasteiger partial charge in [-0.1, -0.05) is 53.5 Å². The molecule has 0 aliphatic heterocycles. The Hall–Kier alpha value is -2.36. The van der Waals surface area contributed by atoms with Gasteiger partial charge in [-0.15, -0.1) is 0 Å². The summed E-state index contributed by atoms with van der Waals surface area (Å²) in [7, 11) is 0. The summed E-state index contributed by atoms with van der Waals surface area (Å²) in [5.74, 6) is 0.0749. The molecular weight excluding hydrogens is 345 g/mol. The lowest BCUT2D eigenvalue weighted by atomic mass is 10.1. The zero-order valence-corrected chi connectivity index (χ0v) is 14.3. The van der Waals surface area contributed by atoms with Crippen LogP contribution in [0.2, 0.25) is 10.0 Å². The van der Waals surface area contributed by atoms with Gasteiger partial charge in [0.15, 0.2) is 5.75 Å². The van der Waals surface area contributed by atoms with Crippen LogP contribution in [-0.2, 0) is 4.79 Å². The number of para-hydroxylation sites is 1. The van der Waals surface area contributed by atoms with Crippen molar-refractivity contribution in [1.82, 2.24) is 4.98 Å². The van der Waals surface area contributed by atoms with Crippen LogP contribution >= 0.6 is 23.2 Å². The van der Waals surface area contributed by atoms with Crippen molar-refractivity contribution in [2.75, 3.05) is 0 Å². The van der Waals surface area contributed by atoms with Crippen LogP contribution in [0.25, 0.3) is 23.1 Å². The number of fused-ring (bicyclic) bond motifs is 1. The minimum absolute atomic E-state index is 0.374. The summed E-state index contributed by atoms with van der Waals surface area (Å²) in [6.45, 7) is 1.37. The van der Waals surface area contributed by atoms with Gasteiger partial charge in [0, 0.05) is 12.3 Å². The molecule has 2 aromatic carbocycles. The number of esters is 1. The second kappa shape index (κ2) is 7.04. The summed E-state index contributed by atoms with van der Waals surface area (Å²) in [6, 6.07) is 14.7. The van der Waals surface area contributed by atoms with Crippen LogP contribution in [0.3, 0.4) is 0 Å². The van der Waals surface area contributed by atoms with Crippen LogP contribution < -0.4 is 4.74 Å². The molecule has 0 N–H and O–H groups in total. The van der Waals surface area contributed by atoms with E-state index < -0.39 is 0 Å². The maximum atomic E-state index is 11.2. The van der Waals surface area contributed by atoms with Gasteiger partial charge in [0.1, 0.15) is 5.52 Å². The number of halogens is 2. The summed E-state index contributed by atoms with van der Waals surface area (Å²) >= 11 is 11.9. The van der Waals surface area contributed by atoms with Gasteiger partial charge >= 0.3 is 5.97 Å². The van der Waals surface area contributed by atoms with Crippen molar-refractivity contribution in [3.63, 3.8) is 0 Å². The lowest BCUT2D eigenvalue weighted by Gasteiger charge is -2.06. The normalized spacial score (nSPS) is 11.1. The van der Waals surface area contributed by atoms with Crippen molar-refractivity contribution in [3.05, 3.63) is 69.8 Å². The fourth-order valence-corrected chi connectivity index (χ4v) is 2.57. The van der Waals surface area contributed by atoms with Crippen LogP contribution in [0, 0.1) is 0 Å². The quantitative estimate of drug-likeness (QED) is 0.449. The molecule has 1 aromatic heterocycles. The molecule has 0 saturated carbocycles. The average Bonchev–Trinajstić information content (AvgIpc) is 2.56. The SMILES string of the molecule is CC(=O)Oc1cccc2ccc(/C=C/c3ccc(Cl)c(Cl)c3)nc12. The van der Waals surface area contributed by atoms with E-state index in [2.05, 4.69) is 4.98 Å². The fourth-order valence-electron chi connectivity index (χ4n) is 2.26. The fraction of sp³-hybridized carbons (Fsp3) is 0.0526. The minimum atomic E-state index is -0.374. The lowest BCUT2D eigenvalue weighted by Crippen LogP contribution is -2.02. The molecule has 120 valence electrons. The number of benzene rings is 2. The smallest absolute Gasteiger partial charge is 0.308 e. The van der Waals surface area contributed by atoms with E-state index in [0.717, 1.165) is 16.6 Å². The van der Waals surface area contributed by atoms with Gasteiger partial charge in [-0.3, -0.25) is 4.79 Å². The number of ether oxygens (including phenoxy) is 1. The Balaban J connectivity index is 1.96. The molecule has 3 rings (SSSR count). The monoisotopic (exact) mass is 357 g/mol. The number of hydrogen-bond acceptors (Lipinski definition) is 3. The molecule has 0 fully saturated rings. The second-order valence-corrected chi connectivity index (χ2v) is 5.98. The number of rotatable bonds is 3. The Labute approximate surface area is 149 Å². The van der Waals surface area contributed by atoms with Gasteiger partial charge in [-0.2, -0.15) is 0 Å². The molecule has 3 nitrogen and oxygen atoms in total. The molecule has 0 atom stereocenters. The predicted octanol–water partition coefficient (Wildman–Crippen LogP) is 5.64. The van der Waals surface area contributed by atoms with E-state index >= 15 is 0 Å². The third-order valence-electron chi connectivity index (χ3n) is 3.35. The maximum absolute atomic E-state index is 11.2. The number of carbonyl (C=O) groups is 1. The van der Waals surface area contributed by atoms with Crippen LogP contribution in [-0.4, -0.2) is 11.0 Å². The largest absolute Gasteiger partial charge is 0.424 e. The van der Waals surface area contributed by atoms with Crippen molar-refractivity contribution in [2.24, 2.45) is 0 Å². The first-order valence-electron chi connectivity index (χ1n) is 7.24. The molecule has 0 aliphatic rings. The third kappa shape index (κ3) is 3.75. The topological polar surface area (TPSA) is 39.2 Å². The second-order valence-electron chi connectivity index (χ2n) is 5.16. The molecule has 1 heterocycles. The highest BCUT2D eigenvalue weighted by Crippen LogP contribution is 2.26. The molecule has 0 spiro atoms. The summed E-state index contributed by atoms with van der Waals surface area (Å²) in [5, 5.41) is 1.92. The molecule has 24 heavy (non-hydrogen) atoms. The first kappa shape index (κ1) is 16.5. The van der Waals surface area contributed by atoms with Gasteiger partial charge in [0.05, 0.1) is 15.7 Å². The Morgan fingerprint density at radius 3 is 2.62 bits per heavy atom. The Morgan fingerprint density at radius 2 is 1.88 bits per heavy atom. The van der Waals surface area contributed by atoms with Crippen LogP contribution in [0.15, 0.2) is 48.5 Å². The molecule has 0 amide bonds. The van der Waals surface area contributed by atoms with Crippen LogP contribution in [0.4, 0.5) is 0 Å². The number of carbonyl (C=O) groups excluding carboxylic acids is 1. The van der Waals surface area contributed by atoms with E-state index in [4.69, 9.17) is 27.9 Å². The van der Waals surface area contributed by atoms with Crippen molar-refractivity contribution in [2.45, 2.75) is 6.92 Å². The van der Waals surface area contributed by atoms with Crippen LogP contribution in [0.5, 0.6) is 5.75 Å². The molecule has 5 heteroatoms. The first-order chi connectivity index (χ1) is 11.5. The number of aromatic nitrogens is 1. The van der Waals surface area contributed by atoms with E-state index in [-0.39, 0.29) is 5.97 Å². The highest BCUT2D eigenvalue weighted by molar-refractivity contribution is 6.42. The van der Waals surface area contributed by atoms with Crippen molar-refractivity contribution in [3.8, 4) is 5.75 Å². The average molecular weight is 358 g/mol. The number of nitrogens with zero attached hydrogens (tertiary/aromatic N) is 1. The van der Waals surface area contributed by atoms with E-state index in [0.29, 0.717) is 21.3 Å². The summed E-state index contributed by atoms with van der Waals surface area (Å²) in [6.07, 6.45) is 3.76. The summed E-state index contributed by atoms with van der Waals surface area (Å²) in [4.78, 5) is 15.8. The first-order valence-corrected chi connectivity index (χ1v) is 8.00. The van der Waals surface area contributed by atoms with E-state index in [1.54, 1.807) is 18.2 Å². The summed E-state index contributed by atoms with van der Waals surface area (Å²) < 4.78 is 5.22. The minimum Gasteiger partial charge on any atom is -0.424 e. The Morgan fingerprint density at radius 1 is 1.04 bits per heavy atom. The zero-order valence-electron chi connectivity index (χ0n) is 12.8. The van der Waals surface area contributed by atoms with E-state index in [1.807, 2.05) is 42.5 Å². The van der Waals surface area contributed by atoms with Gasteiger partial charge in [-0.25, -0.2) is 4.98 Å². The van der Waals surface area contributed by atoms with Crippen molar-refractivity contribution in [1.29, 1.82) is 0 Å². The van der Waals surface area contributed by atoms with Gasteiger partial charge in [0.2, 0.25) is 0 Å².